The average molecular weight is 223 g/mol. The van der Waals surface area contributed by atoms with Gasteiger partial charge >= 0.3 is 0 Å². The van der Waals surface area contributed by atoms with Gasteiger partial charge in [-0.15, -0.1) is 0 Å². The summed E-state index contributed by atoms with van der Waals surface area (Å²) in [4.78, 5) is 2.04. The summed E-state index contributed by atoms with van der Waals surface area (Å²) < 4.78 is 21.8. The van der Waals surface area contributed by atoms with Crippen molar-refractivity contribution in [3.8, 4) is 0 Å². The number of aliphatic hydroxyl groups is 1. The molecule has 0 saturated carbocycles. The van der Waals surface area contributed by atoms with Gasteiger partial charge in [-0.3, -0.25) is 0 Å². The van der Waals surface area contributed by atoms with E-state index in [1.807, 2.05) is 11.8 Å². The maximum absolute atomic E-state index is 10.9. The summed E-state index contributed by atoms with van der Waals surface area (Å²) in [6.45, 7) is 5.86. The first-order chi connectivity index (χ1) is 6.35. The maximum atomic E-state index is 10.9. The lowest BCUT2D eigenvalue weighted by molar-refractivity contribution is 0.160. The third kappa shape index (κ3) is 8.47. The van der Waals surface area contributed by atoms with Gasteiger partial charge in [0.25, 0.3) is 0 Å². The van der Waals surface area contributed by atoms with Gasteiger partial charge in [-0.2, -0.15) is 0 Å². The molecule has 0 aliphatic heterocycles. The van der Waals surface area contributed by atoms with E-state index >= 15 is 0 Å². The Morgan fingerprint density at radius 3 is 2.29 bits per heavy atom. The molecule has 1 unspecified atom stereocenters. The van der Waals surface area contributed by atoms with Crippen LogP contribution in [-0.2, 0) is 9.84 Å². The van der Waals surface area contributed by atoms with Crippen LogP contribution in [0.25, 0.3) is 0 Å². The Labute approximate surface area is 86.8 Å². The van der Waals surface area contributed by atoms with Crippen LogP contribution in [0.5, 0.6) is 0 Å². The molecular formula is C9H21NO3S. The molecule has 0 aromatic carbocycles. The van der Waals surface area contributed by atoms with E-state index in [2.05, 4.69) is 0 Å². The highest BCUT2D eigenvalue weighted by molar-refractivity contribution is 7.90. The van der Waals surface area contributed by atoms with Crippen molar-refractivity contribution in [2.45, 2.75) is 26.4 Å². The summed E-state index contributed by atoms with van der Waals surface area (Å²) >= 11 is 0. The second-order valence-corrected chi connectivity index (χ2v) is 5.96. The van der Waals surface area contributed by atoms with Crippen LogP contribution in [0.4, 0.5) is 0 Å². The van der Waals surface area contributed by atoms with Crippen LogP contribution >= 0.6 is 0 Å². The summed E-state index contributed by atoms with van der Waals surface area (Å²) in [5.74, 6) is 0.195. The van der Waals surface area contributed by atoms with E-state index in [1.165, 1.54) is 6.26 Å². The van der Waals surface area contributed by atoms with Crippen molar-refractivity contribution in [1.82, 2.24) is 4.90 Å². The van der Waals surface area contributed by atoms with Gasteiger partial charge in [0.1, 0.15) is 9.84 Å². The van der Waals surface area contributed by atoms with Crippen LogP contribution < -0.4 is 0 Å². The molecule has 0 heterocycles. The van der Waals surface area contributed by atoms with Crippen LogP contribution in [0.3, 0.4) is 0 Å². The number of nitrogens with zero attached hydrogens (tertiary/aromatic N) is 1. The SMILES string of the molecule is CCN(CCC(C)O)CCS(C)(=O)=O. The third-order valence-electron chi connectivity index (χ3n) is 2.09. The zero-order valence-electron chi connectivity index (χ0n) is 9.23. The number of hydrogen-bond acceptors (Lipinski definition) is 4. The van der Waals surface area contributed by atoms with Crippen LogP contribution in [-0.4, -0.2) is 56.2 Å². The van der Waals surface area contributed by atoms with E-state index in [0.29, 0.717) is 13.0 Å². The minimum Gasteiger partial charge on any atom is -0.393 e. The number of hydrogen-bond donors (Lipinski definition) is 1. The van der Waals surface area contributed by atoms with E-state index in [4.69, 9.17) is 5.11 Å². The second kappa shape index (κ2) is 6.37. The Morgan fingerprint density at radius 2 is 1.93 bits per heavy atom. The van der Waals surface area contributed by atoms with Crippen molar-refractivity contribution in [1.29, 1.82) is 0 Å². The molecule has 5 heteroatoms. The fraction of sp³-hybridized carbons (Fsp3) is 1.00. The highest BCUT2D eigenvalue weighted by atomic mass is 32.2. The molecule has 0 fully saturated rings. The zero-order valence-corrected chi connectivity index (χ0v) is 10.0. The van der Waals surface area contributed by atoms with Gasteiger partial charge in [-0.1, -0.05) is 6.92 Å². The molecule has 0 aliphatic carbocycles. The average Bonchev–Trinajstić information content (AvgIpc) is 2.02. The van der Waals surface area contributed by atoms with E-state index in [1.54, 1.807) is 6.92 Å². The summed E-state index contributed by atoms with van der Waals surface area (Å²) in [6, 6.07) is 0. The van der Waals surface area contributed by atoms with Crippen LogP contribution in [0.2, 0.25) is 0 Å². The van der Waals surface area contributed by atoms with Gasteiger partial charge in [0.2, 0.25) is 0 Å². The quantitative estimate of drug-likeness (QED) is 0.666. The van der Waals surface area contributed by atoms with E-state index in [9.17, 15) is 8.42 Å². The van der Waals surface area contributed by atoms with E-state index in [-0.39, 0.29) is 11.9 Å². The second-order valence-electron chi connectivity index (χ2n) is 3.70. The smallest absolute Gasteiger partial charge is 0.148 e. The van der Waals surface area contributed by atoms with Crippen molar-refractivity contribution in [3.05, 3.63) is 0 Å². The predicted octanol–water partition coefficient (Wildman–Crippen LogP) is 0.124. The fourth-order valence-corrected chi connectivity index (χ4v) is 1.68. The van der Waals surface area contributed by atoms with Crippen LogP contribution in [0, 0.1) is 0 Å². The molecule has 4 nitrogen and oxygen atoms in total. The van der Waals surface area contributed by atoms with Gasteiger partial charge in [0.15, 0.2) is 0 Å². The minimum atomic E-state index is -2.87. The van der Waals surface area contributed by atoms with Crippen molar-refractivity contribution < 1.29 is 13.5 Å². The van der Waals surface area contributed by atoms with Crippen LogP contribution in [0.1, 0.15) is 20.3 Å². The fourth-order valence-electron chi connectivity index (χ4n) is 1.09. The Bertz CT molecular complexity index is 236. The van der Waals surface area contributed by atoms with E-state index in [0.717, 1.165) is 13.1 Å². The molecule has 0 aromatic rings. The third-order valence-corrected chi connectivity index (χ3v) is 3.01. The lowest BCUT2D eigenvalue weighted by atomic mass is 10.3. The lowest BCUT2D eigenvalue weighted by Crippen LogP contribution is -2.31. The molecule has 86 valence electrons. The summed E-state index contributed by atoms with van der Waals surface area (Å²) in [5, 5.41) is 9.08. The molecular weight excluding hydrogens is 202 g/mol. The first-order valence-electron chi connectivity index (χ1n) is 4.93. The molecule has 1 atom stereocenters. The number of rotatable bonds is 7. The predicted molar refractivity (Wildman–Crippen MR) is 58.1 cm³/mol. The Balaban J connectivity index is 3.80. The molecule has 0 rings (SSSR count). The van der Waals surface area contributed by atoms with E-state index < -0.39 is 9.84 Å². The van der Waals surface area contributed by atoms with Gasteiger partial charge in [0.05, 0.1) is 11.9 Å². The largest absolute Gasteiger partial charge is 0.393 e. The molecule has 0 spiro atoms. The Kier molecular flexibility index (Phi) is 6.31. The molecule has 0 aliphatic rings. The molecule has 0 amide bonds. The zero-order chi connectivity index (χ0) is 11.2. The highest BCUT2D eigenvalue weighted by Crippen LogP contribution is 1.96. The molecule has 0 radical (unpaired) electrons. The summed E-state index contributed by atoms with van der Waals surface area (Å²) in [6.07, 6.45) is 1.62. The highest BCUT2D eigenvalue weighted by Gasteiger charge is 2.08. The Morgan fingerprint density at radius 1 is 1.36 bits per heavy atom. The van der Waals surface area contributed by atoms with Gasteiger partial charge < -0.3 is 10.0 Å². The lowest BCUT2D eigenvalue weighted by Gasteiger charge is -2.20. The van der Waals surface area contributed by atoms with Gasteiger partial charge in [-0.05, 0) is 19.9 Å². The molecule has 0 aromatic heterocycles. The maximum Gasteiger partial charge on any atom is 0.148 e. The monoisotopic (exact) mass is 223 g/mol. The van der Waals surface area contributed by atoms with Crippen molar-refractivity contribution in [2.75, 3.05) is 31.6 Å². The summed E-state index contributed by atoms with van der Waals surface area (Å²) in [7, 11) is -2.87. The van der Waals surface area contributed by atoms with Crippen molar-refractivity contribution in [2.24, 2.45) is 0 Å². The van der Waals surface area contributed by atoms with Gasteiger partial charge in [-0.25, -0.2) is 8.42 Å². The topological polar surface area (TPSA) is 57.6 Å². The molecule has 0 bridgehead atoms. The molecule has 1 N–H and O–H groups in total. The first kappa shape index (κ1) is 13.9. The van der Waals surface area contributed by atoms with Crippen LogP contribution in [0.15, 0.2) is 0 Å². The Hall–Kier alpha value is -0.130. The number of aliphatic hydroxyl groups excluding tert-OH is 1. The summed E-state index contributed by atoms with van der Waals surface area (Å²) in [5.41, 5.74) is 0. The normalized spacial score (nSPS) is 14.6. The molecule has 0 saturated heterocycles. The van der Waals surface area contributed by atoms with Gasteiger partial charge in [0, 0.05) is 19.3 Å². The molecule has 14 heavy (non-hydrogen) atoms. The first-order valence-corrected chi connectivity index (χ1v) is 6.99. The van der Waals surface area contributed by atoms with Crippen molar-refractivity contribution >= 4 is 9.84 Å². The van der Waals surface area contributed by atoms with Crippen molar-refractivity contribution in [3.63, 3.8) is 0 Å². The number of sulfone groups is 1. The minimum absolute atomic E-state index is 0.195. The standard InChI is InChI=1S/C9H21NO3S/c1-4-10(6-5-9(2)11)7-8-14(3,12)13/h9,11H,4-8H2,1-3H3.